The third kappa shape index (κ3) is 9.96. The molecule has 7 nitrogen and oxygen atoms in total. The molecule has 1 aromatic rings. The van der Waals surface area contributed by atoms with E-state index >= 15 is 0 Å². The van der Waals surface area contributed by atoms with Crippen LogP contribution < -0.4 is 16.0 Å². The zero-order valence-corrected chi connectivity index (χ0v) is 19.8. The maximum absolute atomic E-state index is 12.0. The summed E-state index contributed by atoms with van der Waals surface area (Å²) >= 11 is 0. The molecule has 0 radical (unpaired) electrons. The largest absolute Gasteiger partial charge is 0.357 e. The van der Waals surface area contributed by atoms with Gasteiger partial charge in [0.25, 0.3) is 0 Å². The van der Waals surface area contributed by atoms with Crippen molar-refractivity contribution in [2.24, 2.45) is 4.99 Å². The molecule has 0 saturated carbocycles. The van der Waals surface area contributed by atoms with Crippen molar-refractivity contribution in [3.8, 4) is 0 Å². The van der Waals surface area contributed by atoms with E-state index in [0.717, 1.165) is 69.1 Å². The molecule has 1 saturated heterocycles. The van der Waals surface area contributed by atoms with Crippen molar-refractivity contribution >= 4 is 47.4 Å². The lowest BCUT2D eigenvalue weighted by atomic mass is 10.2. The zero-order chi connectivity index (χ0) is 20.2. The summed E-state index contributed by atoms with van der Waals surface area (Å²) in [5, 5.41) is 9.37. The summed E-state index contributed by atoms with van der Waals surface area (Å²) in [6, 6.07) is 7.69. The predicted molar refractivity (Wildman–Crippen MR) is 129 cm³/mol. The van der Waals surface area contributed by atoms with Crippen LogP contribution in [0.3, 0.4) is 0 Å². The first-order chi connectivity index (χ1) is 13.6. The molecule has 2 amide bonds. The third-order valence-corrected chi connectivity index (χ3v) is 4.58. The molecule has 3 N–H and O–H groups in total. The van der Waals surface area contributed by atoms with Gasteiger partial charge in [-0.25, -0.2) is 4.99 Å². The summed E-state index contributed by atoms with van der Waals surface area (Å²) in [5.74, 6) is 0.963. The van der Waals surface area contributed by atoms with Crippen LogP contribution in [0.1, 0.15) is 51.5 Å². The minimum Gasteiger partial charge on any atom is -0.357 e. The first-order valence-corrected chi connectivity index (χ1v) is 10.2. The lowest BCUT2D eigenvalue weighted by molar-refractivity contribution is -0.130. The number of hydrogen-bond acceptors (Lipinski definition) is 3. The average molecular weight is 515 g/mol. The molecular weight excluding hydrogens is 481 g/mol. The van der Waals surface area contributed by atoms with E-state index in [2.05, 4.69) is 20.9 Å². The molecule has 162 valence electrons. The number of rotatable bonds is 8. The van der Waals surface area contributed by atoms with Gasteiger partial charge >= 0.3 is 0 Å². The highest BCUT2D eigenvalue weighted by Crippen LogP contribution is 2.12. The summed E-state index contributed by atoms with van der Waals surface area (Å²) in [5.41, 5.74) is 1.80. The van der Waals surface area contributed by atoms with E-state index in [0.29, 0.717) is 13.0 Å². The molecule has 1 fully saturated rings. The van der Waals surface area contributed by atoms with Crippen molar-refractivity contribution in [3.63, 3.8) is 0 Å². The summed E-state index contributed by atoms with van der Waals surface area (Å²) in [6.07, 6.45) is 4.87. The van der Waals surface area contributed by atoms with Gasteiger partial charge in [0.1, 0.15) is 0 Å². The fraction of sp³-hybridized carbons (Fsp3) is 0.571. The Balaban J connectivity index is 0.00000420. The molecule has 8 heteroatoms. The molecule has 0 atom stereocenters. The Bertz CT molecular complexity index is 681. The first-order valence-electron chi connectivity index (χ1n) is 10.2. The summed E-state index contributed by atoms with van der Waals surface area (Å²) < 4.78 is 0. The molecule has 29 heavy (non-hydrogen) atoms. The Kier molecular flexibility index (Phi) is 12.3. The Morgan fingerprint density at radius 2 is 2.03 bits per heavy atom. The molecular formula is C21H34IN5O2. The smallest absolute Gasteiger partial charge is 0.222 e. The minimum absolute atomic E-state index is 0. The van der Waals surface area contributed by atoms with Crippen LogP contribution in [0.25, 0.3) is 0 Å². The number of nitrogens with one attached hydrogen (secondary N) is 3. The number of halogens is 1. The Morgan fingerprint density at radius 3 is 2.79 bits per heavy atom. The SMILES string of the molecule is CCNC(=NCc1cccc(NC(C)=O)c1)NCCCN1CCCCCC1=O.I. The third-order valence-electron chi connectivity index (χ3n) is 4.58. The van der Waals surface area contributed by atoms with Crippen LogP contribution in [-0.4, -0.2) is 48.9 Å². The minimum atomic E-state index is -0.0847. The summed E-state index contributed by atoms with van der Waals surface area (Å²) in [4.78, 5) is 29.8. The van der Waals surface area contributed by atoms with Gasteiger partial charge in [0, 0.05) is 45.2 Å². The van der Waals surface area contributed by atoms with Crippen molar-refractivity contribution in [2.45, 2.75) is 52.5 Å². The molecule has 2 rings (SSSR count). The number of carbonyl (C=O) groups is 2. The maximum Gasteiger partial charge on any atom is 0.222 e. The van der Waals surface area contributed by atoms with Gasteiger partial charge in [-0.3, -0.25) is 9.59 Å². The first kappa shape index (κ1) is 25.2. The quantitative estimate of drug-likeness (QED) is 0.215. The number of guanidine groups is 1. The van der Waals surface area contributed by atoms with Crippen LogP contribution in [0.4, 0.5) is 5.69 Å². The monoisotopic (exact) mass is 515 g/mol. The second kappa shape index (κ2) is 14.2. The van der Waals surface area contributed by atoms with Gasteiger partial charge in [-0.2, -0.15) is 0 Å². The van der Waals surface area contributed by atoms with Gasteiger partial charge in [0.2, 0.25) is 11.8 Å². The molecule has 1 aliphatic rings. The number of likely N-dealkylation sites (tertiary alicyclic amines) is 1. The van der Waals surface area contributed by atoms with Crippen LogP contribution in [-0.2, 0) is 16.1 Å². The Morgan fingerprint density at radius 1 is 1.21 bits per heavy atom. The van der Waals surface area contributed by atoms with Crippen LogP contribution in [0.5, 0.6) is 0 Å². The zero-order valence-electron chi connectivity index (χ0n) is 17.5. The van der Waals surface area contributed by atoms with Crippen molar-refractivity contribution in [3.05, 3.63) is 29.8 Å². The van der Waals surface area contributed by atoms with Crippen molar-refractivity contribution in [1.29, 1.82) is 0 Å². The highest BCUT2D eigenvalue weighted by atomic mass is 127. The van der Waals surface area contributed by atoms with Crippen LogP contribution in [0.15, 0.2) is 29.3 Å². The van der Waals surface area contributed by atoms with Crippen LogP contribution in [0.2, 0.25) is 0 Å². The normalized spacial score (nSPS) is 14.6. The van der Waals surface area contributed by atoms with E-state index in [4.69, 9.17) is 0 Å². The maximum atomic E-state index is 12.0. The second-order valence-corrected chi connectivity index (χ2v) is 7.05. The lowest BCUT2D eigenvalue weighted by Crippen LogP contribution is -2.39. The number of anilines is 1. The van der Waals surface area contributed by atoms with E-state index < -0.39 is 0 Å². The number of nitrogens with zero attached hydrogens (tertiary/aromatic N) is 2. The van der Waals surface area contributed by atoms with E-state index in [1.54, 1.807) is 0 Å². The Hall–Kier alpha value is -1.84. The molecule has 1 aromatic carbocycles. The summed E-state index contributed by atoms with van der Waals surface area (Å²) in [7, 11) is 0. The molecule has 0 aromatic heterocycles. The van der Waals surface area contributed by atoms with E-state index in [-0.39, 0.29) is 35.8 Å². The second-order valence-electron chi connectivity index (χ2n) is 7.05. The van der Waals surface area contributed by atoms with Crippen LogP contribution >= 0.6 is 24.0 Å². The molecule has 1 heterocycles. The fourth-order valence-electron chi connectivity index (χ4n) is 3.21. The lowest BCUT2D eigenvalue weighted by Gasteiger charge is -2.20. The highest BCUT2D eigenvalue weighted by Gasteiger charge is 2.15. The van der Waals surface area contributed by atoms with E-state index in [1.165, 1.54) is 6.92 Å². The predicted octanol–water partition coefficient (Wildman–Crippen LogP) is 3.11. The number of benzene rings is 1. The van der Waals surface area contributed by atoms with Gasteiger partial charge in [-0.1, -0.05) is 18.6 Å². The molecule has 0 aliphatic carbocycles. The topological polar surface area (TPSA) is 85.8 Å². The Labute approximate surface area is 191 Å². The highest BCUT2D eigenvalue weighted by molar-refractivity contribution is 14.0. The van der Waals surface area contributed by atoms with Crippen molar-refractivity contribution in [2.75, 3.05) is 31.5 Å². The van der Waals surface area contributed by atoms with Crippen LogP contribution in [0, 0.1) is 0 Å². The number of carbonyl (C=O) groups excluding carboxylic acids is 2. The van der Waals surface area contributed by atoms with Gasteiger partial charge in [0.05, 0.1) is 6.54 Å². The number of amides is 2. The van der Waals surface area contributed by atoms with E-state index in [9.17, 15) is 9.59 Å². The van der Waals surface area contributed by atoms with Crippen molar-refractivity contribution in [1.82, 2.24) is 15.5 Å². The summed E-state index contributed by atoms with van der Waals surface area (Å²) in [6.45, 7) is 7.28. The molecule has 1 aliphatic heterocycles. The fourth-order valence-corrected chi connectivity index (χ4v) is 3.21. The van der Waals surface area contributed by atoms with Gasteiger partial charge in [-0.15, -0.1) is 24.0 Å². The average Bonchev–Trinajstić information content (AvgIpc) is 2.87. The van der Waals surface area contributed by atoms with E-state index in [1.807, 2.05) is 36.1 Å². The van der Waals surface area contributed by atoms with Gasteiger partial charge in [-0.05, 0) is 43.9 Å². The standard InChI is InChI=1S/C21H33N5O2.HI/c1-3-22-21(23-12-8-14-26-13-6-4-5-11-20(26)28)24-16-18-9-7-10-19(15-18)25-17(2)27;/h7,9-10,15H,3-6,8,11-14,16H2,1-2H3,(H,25,27)(H2,22,23,24);1H. The number of aliphatic imine (C=N–C) groups is 1. The van der Waals surface area contributed by atoms with Gasteiger partial charge in [0.15, 0.2) is 5.96 Å². The molecule has 0 bridgehead atoms. The van der Waals surface area contributed by atoms with Crippen molar-refractivity contribution < 1.29 is 9.59 Å². The molecule has 0 unspecified atom stereocenters. The molecule has 0 spiro atoms. The van der Waals surface area contributed by atoms with Gasteiger partial charge < -0.3 is 20.9 Å². The number of hydrogen-bond donors (Lipinski definition) is 3.